The molecule has 0 aromatic heterocycles. The molecule has 100 valence electrons. The van der Waals surface area contributed by atoms with E-state index in [0.29, 0.717) is 16.5 Å². The summed E-state index contributed by atoms with van der Waals surface area (Å²) in [6.45, 7) is 2.68. The number of amides is 1. The molecule has 2 nitrogen and oxygen atoms in total. The molecule has 0 unspecified atom stereocenters. The van der Waals surface area contributed by atoms with Crippen molar-refractivity contribution in [3.05, 3.63) is 34.3 Å². The van der Waals surface area contributed by atoms with Gasteiger partial charge < -0.3 is 4.90 Å². The summed E-state index contributed by atoms with van der Waals surface area (Å²) in [5, 5.41) is 0.605. The predicted molar refractivity (Wildman–Crippen MR) is 77.7 cm³/mol. The molecule has 0 spiro atoms. The molecule has 0 fully saturated rings. The summed E-state index contributed by atoms with van der Waals surface area (Å²) in [6.07, 6.45) is 3.03. The molecule has 0 saturated carbocycles. The van der Waals surface area contributed by atoms with E-state index in [1.54, 1.807) is 11.0 Å². The van der Waals surface area contributed by atoms with Crippen LogP contribution in [0.1, 0.15) is 35.2 Å². The second-order valence-corrected chi connectivity index (χ2v) is 5.31. The zero-order valence-corrected chi connectivity index (χ0v) is 12.4. The van der Waals surface area contributed by atoms with Crippen molar-refractivity contribution >= 4 is 29.1 Å². The molecule has 1 aromatic rings. The van der Waals surface area contributed by atoms with Gasteiger partial charge in [-0.25, -0.2) is 0 Å². The third-order valence-corrected chi connectivity index (χ3v) is 3.25. The number of halogens is 2. The Bertz CT molecular complexity index is 387. The fraction of sp³-hybridized carbons (Fsp3) is 0.500. The smallest absolute Gasteiger partial charge is 0.253 e. The average Bonchev–Trinajstić information content (AvgIpc) is 2.32. The second-order valence-electron chi connectivity index (χ2n) is 4.49. The number of carbonyl (C=O) groups is 1. The number of hydrogen-bond acceptors (Lipinski definition) is 1. The van der Waals surface area contributed by atoms with Crippen LogP contribution in [0, 0.1) is 6.92 Å². The number of unbranched alkanes of at least 4 members (excludes halogenated alkanes) is 2. The Morgan fingerprint density at radius 3 is 2.56 bits per heavy atom. The van der Waals surface area contributed by atoms with Crippen molar-refractivity contribution in [3.8, 4) is 0 Å². The summed E-state index contributed by atoms with van der Waals surface area (Å²) >= 11 is 11.6. The van der Waals surface area contributed by atoms with Crippen LogP contribution in [0.25, 0.3) is 0 Å². The predicted octanol–water partition coefficient (Wildman–Crippen LogP) is 4.13. The van der Waals surface area contributed by atoms with Gasteiger partial charge in [0.05, 0.1) is 0 Å². The van der Waals surface area contributed by atoms with Crippen molar-refractivity contribution in [1.29, 1.82) is 0 Å². The molecule has 0 aliphatic rings. The first-order valence-corrected chi connectivity index (χ1v) is 7.04. The average molecular weight is 288 g/mol. The van der Waals surface area contributed by atoms with Gasteiger partial charge in [-0.05, 0) is 43.5 Å². The van der Waals surface area contributed by atoms with Crippen molar-refractivity contribution in [2.45, 2.75) is 26.2 Å². The van der Waals surface area contributed by atoms with E-state index in [2.05, 4.69) is 0 Å². The summed E-state index contributed by atoms with van der Waals surface area (Å²) in [4.78, 5) is 13.9. The Balaban J connectivity index is 2.57. The molecule has 1 amide bonds. The fourth-order valence-electron chi connectivity index (χ4n) is 1.80. The minimum Gasteiger partial charge on any atom is -0.342 e. The molecular formula is C14H19Cl2NO. The molecule has 0 atom stereocenters. The molecule has 0 N–H and O–H groups in total. The SMILES string of the molecule is Cc1cc(Cl)cc(C(=O)N(C)CCCCCCl)c1. The van der Waals surface area contributed by atoms with Crippen molar-refractivity contribution < 1.29 is 4.79 Å². The lowest BCUT2D eigenvalue weighted by atomic mass is 10.1. The van der Waals surface area contributed by atoms with Gasteiger partial charge in [0.1, 0.15) is 0 Å². The Labute approximate surface area is 119 Å². The van der Waals surface area contributed by atoms with E-state index in [9.17, 15) is 4.79 Å². The zero-order valence-electron chi connectivity index (χ0n) is 10.9. The first-order valence-electron chi connectivity index (χ1n) is 6.13. The first kappa shape index (κ1) is 15.3. The number of alkyl halides is 1. The molecule has 18 heavy (non-hydrogen) atoms. The number of aryl methyl sites for hydroxylation is 1. The Morgan fingerprint density at radius 2 is 1.94 bits per heavy atom. The monoisotopic (exact) mass is 287 g/mol. The highest BCUT2D eigenvalue weighted by Crippen LogP contribution is 2.16. The summed E-state index contributed by atoms with van der Waals surface area (Å²) in [5.74, 6) is 0.706. The van der Waals surface area contributed by atoms with Gasteiger partial charge in [0, 0.05) is 30.1 Å². The molecular weight excluding hydrogens is 269 g/mol. The van der Waals surface area contributed by atoms with Crippen LogP contribution in [0.3, 0.4) is 0 Å². The van der Waals surface area contributed by atoms with Crippen LogP contribution in [-0.2, 0) is 0 Å². The van der Waals surface area contributed by atoms with Gasteiger partial charge in [-0.3, -0.25) is 4.79 Å². The van der Waals surface area contributed by atoms with E-state index in [1.165, 1.54) is 0 Å². The van der Waals surface area contributed by atoms with Crippen molar-refractivity contribution in [2.24, 2.45) is 0 Å². The van der Waals surface area contributed by atoms with E-state index in [1.807, 2.05) is 26.1 Å². The number of rotatable bonds is 6. The van der Waals surface area contributed by atoms with Crippen LogP contribution < -0.4 is 0 Å². The van der Waals surface area contributed by atoms with E-state index in [0.717, 1.165) is 31.4 Å². The van der Waals surface area contributed by atoms with E-state index in [-0.39, 0.29) is 5.91 Å². The first-order chi connectivity index (χ1) is 8.54. The number of hydrogen-bond donors (Lipinski definition) is 0. The number of carbonyl (C=O) groups excluding carboxylic acids is 1. The van der Waals surface area contributed by atoms with E-state index < -0.39 is 0 Å². The van der Waals surface area contributed by atoms with Gasteiger partial charge in [0.15, 0.2) is 0 Å². The van der Waals surface area contributed by atoms with Gasteiger partial charge in [-0.1, -0.05) is 18.0 Å². The van der Waals surface area contributed by atoms with E-state index >= 15 is 0 Å². The summed E-state index contributed by atoms with van der Waals surface area (Å²) in [7, 11) is 1.82. The van der Waals surface area contributed by atoms with Crippen molar-refractivity contribution in [3.63, 3.8) is 0 Å². The summed E-state index contributed by atoms with van der Waals surface area (Å²) in [6, 6.07) is 5.43. The molecule has 0 aliphatic carbocycles. The molecule has 0 heterocycles. The Morgan fingerprint density at radius 1 is 1.22 bits per heavy atom. The van der Waals surface area contributed by atoms with E-state index in [4.69, 9.17) is 23.2 Å². The molecule has 0 bridgehead atoms. The van der Waals surface area contributed by atoms with Gasteiger partial charge in [0.25, 0.3) is 5.91 Å². The molecule has 1 rings (SSSR count). The van der Waals surface area contributed by atoms with Crippen LogP contribution in [0.2, 0.25) is 5.02 Å². The van der Waals surface area contributed by atoms with Gasteiger partial charge >= 0.3 is 0 Å². The standard InChI is InChI=1S/C14H19Cl2NO/c1-11-8-12(10-13(16)9-11)14(18)17(2)7-5-3-4-6-15/h8-10H,3-7H2,1-2H3. The molecule has 0 saturated heterocycles. The summed E-state index contributed by atoms with van der Waals surface area (Å²) in [5.41, 5.74) is 1.65. The van der Waals surface area contributed by atoms with Crippen LogP contribution in [0.5, 0.6) is 0 Å². The maximum absolute atomic E-state index is 12.2. The third-order valence-electron chi connectivity index (χ3n) is 2.76. The minimum atomic E-state index is 0.0199. The largest absolute Gasteiger partial charge is 0.342 e. The Hall–Kier alpha value is -0.730. The number of nitrogens with zero attached hydrogens (tertiary/aromatic N) is 1. The quantitative estimate of drug-likeness (QED) is 0.569. The molecule has 4 heteroatoms. The zero-order chi connectivity index (χ0) is 13.5. The highest BCUT2D eigenvalue weighted by molar-refractivity contribution is 6.31. The lowest BCUT2D eigenvalue weighted by molar-refractivity contribution is 0.0792. The van der Waals surface area contributed by atoms with Crippen LogP contribution >= 0.6 is 23.2 Å². The minimum absolute atomic E-state index is 0.0199. The highest BCUT2D eigenvalue weighted by atomic mass is 35.5. The molecule has 0 aliphatic heterocycles. The van der Waals surface area contributed by atoms with Crippen molar-refractivity contribution in [1.82, 2.24) is 4.90 Å². The normalized spacial score (nSPS) is 10.4. The second kappa shape index (κ2) is 7.65. The van der Waals surface area contributed by atoms with Gasteiger partial charge in [-0.15, -0.1) is 11.6 Å². The maximum atomic E-state index is 12.2. The van der Waals surface area contributed by atoms with Crippen molar-refractivity contribution in [2.75, 3.05) is 19.5 Å². The topological polar surface area (TPSA) is 20.3 Å². The molecule has 0 radical (unpaired) electrons. The van der Waals surface area contributed by atoms with Crippen LogP contribution in [0.4, 0.5) is 0 Å². The lowest BCUT2D eigenvalue weighted by Crippen LogP contribution is -2.27. The fourth-order valence-corrected chi connectivity index (χ4v) is 2.28. The van der Waals surface area contributed by atoms with Crippen LogP contribution in [0.15, 0.2) is 18.2 Å². The summed E-state index contributed by atoms with van der Waals surface area (Å²) < 4.78 is 0. The van der Waals surface area contributed by atoms with Gasteiger partial charge in [0.2, 0.25) is 0 Å². The maximum Gasteiger partial charge on any atom is 0.253 e. The van der Waals surface area contributed by atoms with Crippen LogP contribution in [-0.4, -0.2) is 30.3 Å². The lowest BCUT2D eigenvalue weighted by Gasteiger charge is -2.17. The van der Waals surface area contributed by atoms with Gasteiger partial charge in [-0.2, -0.15) is 0 Å². The number of benzene rings is 1. The Kier molecular flexibility index (Phi) is 6.51. The third kappa shape index (κ3) is 4.87. The highest BCUT2D eigenvalue weighted by Gasteiger charge is 2.12. The molecule has 1 aromatic carbocycles.